The third-order valence-corrected chi connectivity index (χ3v) is 5.39. The summed E-state index contributed by atoms with van der Waals surface area (Å²) in [7, 11) is 0. The lowest BCUT2D eigenvalue weighted by atomic mass is 9.95. The van der Waals surface area contributed by atoms with Gasteiger partial charge in [-0.1, -0.05) is 6.42 Å². The minimum atomic E-state index is 0.262. The Labute approximate surface area is 107 Å². The number of rotatable bonds is 1. The van der Waals surface area contributed by atoms with Gasteiger partial charge >= 0.3 is 0 Å². The average molecular weight is 246 g/mol. The topological polar surface area (TPSA) is 27.0 Å². The average Bonchev–Trinajstić information content (AvgIpc) is 2.97. The predicted molar refractivity (Wildman–Crippen MR) is 69.9 cm³/mol. The monoisotopic (exact) mass is 246 g/mol. The Kier molecular flexibility index (Phi) is 2.94. The quantitative estimate of drug-likeness (QED) is 0.759. The molecule has 0 spiro atoms. The van der Waals surface area contributed by atoms with E-state index in [0.29, 0.717) is 12.1 Å². The predicted octanol–water partition coefficient (Wildman–Crippen LogP) is 3.36. The van der Waals surface area contributed by atoms with Crippen LogP contribution >= 0.6 is 11.3 Å². The van der Waals surface area contributed by atoms with Crippen molar-refractivity contribution in [2.24, 2.45) is 5.92 Å². The summed E-state index contributed by atoms with van der Waals surface area (Å²) in [5.74, 6) is 0.262. The molecular weight excluding hydrogens is 228 g/mol. The van der Waals surface area contributed by atoms with E-state index in [0.717, 1.165) is 13.0 Å². The van der Waals surface area contributed by atoms with Crippen LogP contribution in [0.2, 0.25) is 0 Å². The van der Waals surface area contributed by atoms with E-state index in [1.54, 1.807) is 4.88 Å². The number of fused-ring (bicyclic) bond motifs is 1. The first-order valence-corrected chi connectivity index (χ1v) is 7.41. The first kappa shape index (κ1) is 11.3. The molecule has 0 radical (unpaired) electrons. The zero-order chi connectivity index (χ0) is 11.8. The van der Waals surface area contributed by atoms with E-state index in [2.05, 4.69) is 29.3 Å². The summed E-state index contributed by atoms with van der Waals surface area (Å²) in [6, 6.07) is 5.79. The van der Waals surface area contributed by atoms with Crippen LogP contribution in [0.5, 0.6) is 0 Å². The van der Waals surface area contributed by atoms with Crippen LogP contribution in [-0.2, 0) is 6.42 Å². The molecule has 90 valence electrons. The summed E-state index contributed by atoms with van der Waals surface area (Å²) in [5, 5.41) is 11.4. The summed E-state index contributed by atoms with van der Waals surface area (Å²) in [5.41, 5.74) is 1.50. The van der Waals surface area contributed by atoms with Crippen LogP contribution in [0.1, 0.15) is 42.7 Å². The number of nitriles is 1. The number of nitrogens with zero attached hydrogens (tertiary/aromatic N) is 2. The molecule has 2 heterocycles. The van der Waals surface area contributed by atoms with E-state index in [4.69, 9.17) is 0 Å². The molecule has 0 N–H and O–H groups in total. The van der Waals surface area contributed by atoms with Gasteiger partial charge in [-0.25, -0.2) is 0 Å². The second-order valence-electron chi connectivity index (χ2n) is 5.20. The van der Waals surface area contributed by atoms with Crippen LogP contribution in [-0.4, -0.2) is 17.5 Å². The highest BCUT2D eigenvalue weighted by molar-refractivity contribution is 7.10. The Balaban J connectivity index is 1.84. The maximum Gasteiger partial charge on any atom is 0.0672 e. The molecule has 3 rings (SSSR count). The summed E-state index contributed by atoms with van der Waals surface area (Å²) in [6.07, 6.45) is 4.71. The molecule has 0 amide bonds. The molecule has 0 aromatic carbocycles. The van der Waals surface area contributed by atoms with Crippen LogP contribution in [0.25, 0.3) is 0 Å². The smallest absolute Gasteiger partial charge is 0.0672 e. The molecule has 1 saturated carbocycles. The highest BCUT2D eigenvalue weighted by atomic mass is 32.1. The largest absolute Gasteiger partial charge is 0.292 e. The van der Waals surface area contributed by atoms with Crippen LogP contribution < -0.4 is 0 Å². The second kappa shape index (κ2) is 4.44. The van der Waals surface area contributed by atoms with Crippen molar-refractivity contribution < 1.29 is 0 Å². The zero-order valence-corrected chi connectivity index (χ0v) is 11.0. The van der Waals surface area contributed by atoms with Gasteiger partial charge in [-0.05, 0) is 43.2 Å². The molecule has 17 heavy (non-hydrogen) atoms. The maximum atomic E-state index is 9.23. The van der Waals surface area contributed by atoms with Crippen LogP contribution in [0.3, 0.4) is 0 Å². The molecule has 2 aliphatic rings. The zero-order valence-electron chi connectivity index (χ0n) is 10.2. The summed E-state index contributed by atoms with van der Waals surface area (Å²) < 4.78 is 0. The lowest BCUT2D eigenvalue weighted by Gasteiger charge is -2.39. The van der Waals surface area contributed by atoms with Gasteiger partial charge in [-0.3, -0.25) is 4.90 Å². The van der Waals surface area contributed by atoms with Gasteiger partial charge in [-0.15, -0.1) is 11.3 Å². The third-order valence-electron chi connectivity index (χ3n) is 4.40. The normalized spacial score (nSPS) is 33.3. The number of hydrogen-bond acceptors (Lipinski definition) is 3. The van der Waals surface area contributed by atoms with Crippen molar-refractivity contribution in [3.63, 3.8) is 0 Å². The van der Waals surface area contributed by atoms with Crippen LogP contribution in [0.4, 0.5) is 0 Å². The van der Waals surface area contributed by atoms with E-state index >= 15 is 0 Å². The molecule has 1 aliphatic heterocycles. The Morgan fingerprint density at radius 3 is 3.18 bits per heavy atom. The van der Waals surface area contributed by atoms with Gasteiger partial charge in [0.2, 0.25) is 0 Å². The molecule has 1 aromatic heterocycles. The Morgan fingerprint density at radius 2 is 2.35 bits per heavy atom. The van der Waals surface area contributed by atoms with Gasteiger partial charge < -0.3 is 0 Å². The fourth-order valence-corrected chi connectivity index (χ4v) is 4.43. The molecule has 2 nitrogen and oxygen atoms in total. The summed E-state index contributed by atoms with van der Waals surface area (Å²) >= 11 is 1.89. The molecule has 0 bridgehead atoms. The molecule has 3 atom stereocenters. The molecular formula is C14H18N2S. The number of hydrogen-bond donors (Lipinski definition) is 0. The van der Waals surface area contributed by atoms with E-state index in [9.17, 15) is 5.26 Å². The minimum Gasteiger partial charge on any atom is -0.292 e. The first-order chi connectivity index (χ1) is 8.31. The molecule has 1 fully saturated rings. The first-order valence-electron chi connectivity index (χ1n) is 6.53. The van der Waals surface area contributed by atoms with Gasteiger partial charge in [0, 0.05) is 23.5 Å². The number of thiophene rings is 1. The minimum absolute atomic E-state index is 0.262. The molecule has 1 aromatic rings. The molecule has 1 aliphatic carbocycles. The van der Waals surface area contributed by atoms with Gasteiger partial charge in [0.15, 0.2) is 0 Å². The highest BCUT2D eigenvalue weighted by Crippen LogP contribution is 2.39. The van der Waals surface area contributed by atoms with Crippen LogP contribution in [0.15, 0.2) is 11.4 Å². The molecule has 0 saturated heterocycles. The highest BCUT2D eigenvalue weighted by Gasteiger charge is 2.37. The standard InChI is InChI=1S/C14H18N2S/c1-10-12-6-8-17-14(12)5-7-16(10)13-4-2-3-11(13)9-15/h6,8,10-11,13H,2-5,7H2,1H3. The van der Waals surface area contributed by atoms with Crippen molar-refractivity contribution in [3.8, 4) is 6.07 Å². The lowest BCUT2D eigenvalue weighted by molar-refractivity contribution is 0.121. The summed E-state index contributed by atoms with van der Waals surface area (Å²) in [6.45, 7) is 3.44. The fraction of sp³-hybridized carbons (Fsp3) is 0.643. The van der Waals surface area contributed by atoms with Crippen molar-refractivity contribution >= 4 is 11.3 Å². The van der Waals surface area contributed by atoms with Gasteiger partial charge in [-0.2, -0.15) is 5.26 Å². The van der Waals surface area contributed by atoms with Crippen molar-refractivity contribution in [2.75, 3.05) is 6.54 Å². The van der Waals surface area contributed by atoms with Gasteiger partial charge in [0.25, 0.3) is 0 Å². The SMILES string of the molecule is CC1c2ccsc2CCN1C1CCCC1C#N. The van der Waals surface area contributed by atoms with Crippen molar-refractivity contribution in [1.82, 2.24) is 4.90 Å². The molecule has 3 heteroatoms. The Bertz CT molecular complexity index is 445. The second-order valence-corrected chi connectivity index (χ2v) is 6.20. The van der Waals surface area contributed by atoms with Crippen molar-refractivity contribution in [1.29, 1.82) is 5.26 Å². The summed E-state index contributed by atoms with van der Waals surface area (Å²) in [4.78, 5) is 4.14. The van der Waals surface area contributed by atoms with Crippen LogP contribution in [0, 0.1) is 17.2 Å². The van der Waals surface area contributed by atoms with E-state index in [1.807, 2.05) is 11.3 Å². The van der Waals surface area contributed by atoms with Crippen molar-refractivity contribution in [2.45, 2.75) is 44.7 Å². The third kappa shape index (κ3) is 1.80. The van der Waals surface area contributed by atoms with Gasteiger partial charge in [0.05, 0.1) is 12.0 Å². The van der Waals surface area contributed by atoms with E-state index in [1.165, 1.54) is 24.8 Å². The van der Waals surface area contributed by atoms with E-state index < -0.39 is 0 Å². The van der Waals surface area contributed by atoms with Gasteiger partial charge in [0.1, 0.15) is 0 Å². The fourth-order valence-electron chi connectivity index (χ4n) is 3.47. The maximum absolute atomic E-state index is 9.23. The Hall–Kier alpha value is -0.850. The lowest BCUT2D eigenvalue weighted by Crippen LogP contribution is -2.42. The Morgan fingerprint density at radius 1 is 1.47 bits per heavy atom. The molecule has 3 unspecified atom stereocenters. The van der Waals surface area contributed by atoms with Crippen molar-refractivity contribution in [3.05, 3.63) is 21.9 Å². The van der Waals surface area contributed by atoms with E-state index in [-0.39, 0.29) is 5.92 Å².